The highest BCUT2D eigenvalue weighted by molar-refractivity contribution is 5.97. The van der Waals surface area contributed by atoms with E-state index in [4.69, 9.17) is 5.10 Å². The molecule has 0 spiro atoms. The maximum absolute atomic E-state index is 13.1. The van der Waals surface area contributed by atoms with E-state index in [0.29, 0.717) is 29.9 Å². The van der Waals surface area contributed by atoms with Gasteiger partial charge in [0.15, 0.2) is 0 Å². The Hall–Kier alpha value is -4.52. The van der Waals surface area contributed by atoms with Crippen LogP contribution in [0, 0.1) is 6.92 Å². The molecule has 1 N–H and O–H groups in total. The van der Waals surface area contributed by atoms with E-state index in [9.17, 15) is 9.59 Å². The number of carbonyl (C=O) groups is 1. The Labute approximate surface area is 202 Å². The lowest BCUT2D eigenvalue weighted by molar-refractivity contribution is 0.0951. The van der Waals surface area contributed by atoms with Crippen LogP contribution in [0.25, 0.3) is 28.0 Å². The van der Waals surface area contributed by atoms with Gasteiger partial charge in [-0.3, -0.25) is 9.59 Å². The van der Waals surface area contributed by atoms with Crippen molar-refractivity contribution in [2.75, 3.05) is 0 Å². The standard InChI is InChI=1S/C28H25N5O2/c1-3-32-25-15-14-21(16-24(25)30-19(2)28(32)35)27(34)29-17-22-18-33(23-12-8-5-9-13-23)31-26(22)20-10-6-4-7-11-20/h4-16,18H,3,17H2,1-2H3,(H,29,34). The number of fused-ring (bicyclic) bond motifs is 1. The summed E-state index contributed by atoms with van der Waals surface area (Å²) in [4.78, 5) is 29.8. The van der Waals surface area contributed by atoms with Gasteiger partial charge in [-0.1, -0.05) is 48.5 Å². The van der Waals surface area contributed by atoms with Crippen LogP contribution in [0.4, 0.5) is 0 Å². The third kappa shape index (κ3) is 4.36. The Morgan fingerprint density at radius 2 is 1.69 bits per heavy atom. The van der Waals surface area contributed by atoms with Gasteiger partial charge in [0, 0.05) is 36.0 Å². The number of carbonyl (C=O) groups excluding carboxylic acids is 1. The Morgan fingerprint density at radius 1 is 0.971 bits per heavy atom. The molecule has 0 aliphatic carbocycles. The van der Waals surface area contributed by atoms with Gasteiger partial charge in [0.05, 0.1) is 22.4 Å². The minimum absolute atomic E-state index is 0.110. The van der Waals surface area contributed by atoms with Crippen molar-refractivity contribution in [2.24, 2.45) is 0 Å². The van der Waals surface area contributed by atoms with Crippen LogP contribution in [0.2, 0.25) is 0 Å². The second-order valence-electron chi connectivity index (χ2n) is 8.28. The molecule has 5 rings (SSSR count). The molecule has 0 bridgehead atoms. The quantitative estimate of drug-likeness (QED) is 0.402. The summed E-state index contributed by atoms with van der Waals surface area (Å²) in [6.07, 6.45) is 1.95. The lowest BCUT2D eigenvalue weighted by Crippen LogP contribution is -2.25. The third-order valence-corrected chi connectivity index (χ3v) is 5.98. The summed E-state index contributed by atoms with van der Waals surface area (Å²) in [6, 6.07) is 25.0. The second kappa shape index (κ2) is 9.38. The maximum Gasteiger partial charge on any atom is 0.272 e. The van der Waals surface area contributed by atoms with E-state index in [1.165, 1.54) is 0 Å². The van der Waals surface area contributed by atoms with Crippen LogP contribution in [0.3, 0.4) is 0 Å². The largest absolute Gasteiger partial charge is 0.348 e. The first-order valence-corrected chi connectivity index (χ1v) is 11.5. The minimum atomic E-state index is -0.216. The highest BCUT2D eigenvalue weighted by atomic mass is 16.1. The molecule has 0 radical (unpaired) electrons. The average Bonchev–Trinajstić information content (AvgIpc) is 3.33. The van der Waals surface area contributed by atoms with Crippen molar-refractivity contribution in [1.82, 2.24) is 24.6 Å². The molecule has 0 atom stereocenters. The van der Waals surface area contributed by atoms with Crippen LogP contribution in [0.15, 0.2) is 89.9 Å². The Morgan fingerprint density at radius 3 is 2.40 bits per heavy atom. The number of benzene rings is 3. The molecule has 5 aromatic rings. The molecule has 0 saturated carbocycles. The molecule has 174 valence electrons. The Bertz CT molecular complexity index is 1570. The number of amides is 1. The van der Waals surface area contributed by atoms with Crippen LogP contribution < -0.4 is 10.9 Å². The van der Waals surface area contributed by atoms with E-state index in [-0.39, 0.29) is 11.5 Å². The SMILES string of the molecule is CCn1c(=O)c(C)nc2cc(C(=O)NCc3cn(-c4ccccc4)nc3-c3ccccc3)ccc21. The fraction of sp³-hybridized carbons (Fsp3) is 0.143. The van der Waals surface area contributed by atoms with E-state index in [1.54, 1.807) is 29.7 Å². The predicted octanol–water partition coefficient (Wildman–Crippen LogP) is 4.51. The summed E-state index contributed by atoms with van der Waals surface area (Å²) in [5.41, 5.74) is 5.78. The van der Waals surface area contributed by atoms with Crippen molar-refractivity contribution >= 4 is 16.9 Å². The highest BCUT2D eigenvalue weighted by Gasteiger charge is 2.15. The summed E-state index contributed by atoms with van der Waals surface area (Å²) in [7, 11) is 0. The number of hydrogen-bond acceptors (Lipinski definition) is 4. The molecule has 7 heteroatoms. The fourth-order valence-corrected chi connectivity index (χ4v) is 4.20. The van der Waals surface area contributed by atoms with Crippen molar-refractivity contribution < 1.29 is 4.79 Å². The molecule has 1 amide bonds. The topological polar surface area (TPSA) is 81.8 Å². The number of rotatable bonds is 6. The molecule has 0 aliphatic heterocycles. The molecule has 7 nitrogen and oxygen atoms in total. The molecule has 35 heavy (non-hydrogen) atoms. The van der Waals surface area contributed by atoms with Gasteiger partial charge in [-0.15, -0.1) is 0 Å². The van der Waals surface area contributed by atoms with Crippen molar-refractivity contribution in [3.05, 3.63) is 112 Å². The van der Waals surface area contributed by atoms with Gasteiger partial charge in [0.1, 0.15) is 5.69 Å². The van der Waals surface area contributed by atoms with E-state index < -0.39 is 0 Å². The fourth-order valence-electron chi connectivity index (χ4n) is 4.20. The highest BCUT2D eigenvalue weighted by Crippen LogP contribution is 2.24. The molecule has 2 heterocycles. The van der Waals surface area contributed by atoms with Gasteiger partial charge < -0.3 is 9.88 Å². The van der Waals surface area contributed by atoms with Gasteiger partial charge in [-0.25, -0.2) is 9.67 Å². The summed E-state index contributed by atoms with van der Waals surface area (Å²) in [5.74, 6) is -0.216. The van der Waals surface area contributed by atoms with Gasteiger partial charge >= 0.3 is 0 Å². The minimum Gasteiger partial charge on any atom is -0.348 e. The first-order chi connectivity index (χ1) is 17.0. The van der Waals surface area contributed by atoms with Crippen LogP contribution in [-0.4, -0.2) is 25.2 Å². The van der Waals surface area contributed by atoms with E-state index >= 15 is 0 Å². The lowest BCUT2D eigenvalue weighted by Gasteiger charge is -2.10. The maximum atomic E-state index is 13.1. The normalized spacial score (nSPS) is 11.0. The number of aromatic nitrogens is 4. The molecule has 0 unspecified atom stereocenters. The molecule has 0 fully saturated rings. The van der Waals surface area contributed by atoms with Crippen LogP contribution >= 0.6 is 0 Å². The van der Waals surface area contributed by atoms with Crippen molar-refractivity contribution in [2.45, 2.75) is 26.9 Å². The second-order valence-corrected chi connectivity index (χ2v) is 8.28. The number of para-hydroxylation sites is 1. The van der Waals surface area contributed by atoms with Gasteiger partial charge in [0.2, 0.25) is 0 Å². The monoisotopic (exact) mass is 463 g/mol. The summed E-state index contributed by atoms with van der Waals surface area (Å²) in [6.45, 7) is 4.46. The van der Waals surface area contributed by atoms with E-state index in [2.05, 4.69) is 10.3 Å². The number of hydrogen-bond donors (Lipinski definition) is 1. The van der Waals surface area contributed by atoms with Crippen molar-refractivity contribution in [1.29, 1.82) is 0 Å². The van der Waals surface area contributed by atoms with Gasteiger partial charge in [0.25, 0.3) is 11.5 Å². The van der Waals surface area contributed by atoms with Crippen LogP contribution in [0.1, 0.15) is 28.5 Å². The van der Waals surface area contributed by atoms with Crippen LogP contribution in [0.5, 0.6) is 0 Å². The average molecular weight is 464 g/mol. The summed E-state index contributed by atoms with van der Waals surface area (Å²) in [5, 5.41) is 7.82. The third-order valence-electron chi connectivity index (χ3n) is 5.98. The van der Waals surface area contributed by atoms with Gasteiger partial charge in [-0.2, -0.15) is 5.10 Å². The van der Waals surface area contributed by atoms with Crippen molar-refractivity contribution in [3.63, 3.8) is 0 Å². The summed E-state index contributed by atoms with van der Waals surface area (Å²) >= 11 is 0. The Balaban J connectivity index is 1.44. The van der Waals surface area contributed by atoms with E-state index in [0.717, 1.165) is 28.0 Å². The lowest BCUT2D eigenvalue weighted by atomic mass is 10.1. The first-order valence-electron chi connectivity index (χ1n) is 11.5. The Kier molecular flexibility index (Phi) is 5.97. The molecule has 2 aromatic heterocycles. The van der Waals surface area contributed by atoms with Crippen molar-refractivity contribution in [3.8, 4) is 16.9 Å². The molecular formula is C28H25N5O2. The predicted molar refractivity (Wildman–Crippen MR) is 137 cm³/mol. The molecule has 0 aliphatic rings. The van der Waals surface area contributed by atoms with Crippen LogP contribution in [-0.2, 0) is 13.1 Å². The van der Waals surface area contributed by atoms with Gasteiger partial charge in [-0.05, 0) is 44.2 Å². The zero-order valence-electron chi connectivity index (χ0n) is 19.6. The first kappa shape index (κ1) is 22.3. The summed E-state index contributed by atoms with van der Waals surface area (Å²) < 4.78 is 3.50. The molecule has 0 saturated heterocycles. The molecule has 3 aromatic carbocycles. The zero-order valence-corrected chi connectivity index (χ0v) is 19.6. The molecular weight excluding hydrogens is 438 g/mol. The number of nitrogens with one attached hydrogen (secondary N) is 1. The zero-order chi connectivity index (χ0) is 24.4. The number of nitrogens with zero attached hydrogens (tertiary/aromatic N) is 4. The van der Waals surface area contributed by atoms with E-state index in [1.807, 2.05) is 78.5 Å². The smallest absolute Gasteiger partial charge is 0.272 e. The number of aryl methyl sites for hydroxylation is 2.